The summed E-state index contributed by atoms with van der Waals surface area (Å²) in [6.45, 7) is 7.38. The minimum absolute atomic E-state index is 0.190. The zero-order chi connectivity index (χ0) is 14.3. The molecule has 0 aliphatic rings. The lowest BCUT2D eigenvalue weighted by atomic mass is 10.2. The molecule has 0 N–H and O–H groups in total. The van der Waals surface area contributed by atoms with Gasteiger partial charge in [-0.25, -0.2) is 4.79 Å². The van der Waals surface area contributed by atoms with Crippen molar-refractivity contribution in [1.29, 1.82) is 0 Å². The molecule has 0 unspecified atom stereocenters. The summed E-state index contributed by atoms with van der Waals surface area (Å²) >= 11 is 0. The molecule has 6 nitrogen and oxygen atoms in total. The van der Waals surface area contributed by atoms with Crippen LogP contribution in [0.25, 0.3) is 0 Å². The number of hydrogen-bond acceptors (Lipinski definition) is 5. The molecular formula is C13H22N2O4. The Hall–Kier alpha value is -1.40. The van der Waals surface area contributed by atoms with Gasteiger partial charge in [-0.2, -0.15) is 5.10 Å². The van der Waals surface area contributed by atoms with Crippen LogP contribution in [0.15, 0.2) is 6.20 Å². The van der Waals surface area contributed by atoms with Gasteiger partial charge in [0.15, 0.2) is 0 Å². The Morgan fingerprint density at radius 3 is 2.79 bits per heavy atom. The van der Waals surface area contributed by atoms with Crippen LogP contribution >= 0.6 is 0 Å². The van der Waals surface area contributed by atoms with Crippen LogP contribution in [0.4, 0.5) is 0 Å². The number of ether oxygens (including phenoxy) is 3. The van der Waals surface area contributed by atoms with Crippen molar-refractivity contribution in [2.24, 2.45) is 7.05 Å². The first-order chi connectivity index (χ1) is 9.06. The normalized spacial score (nSPS) is 11.0. The fourth-order valence-corrected chi connectivity index (χ4v) is 1.52. The topological polar surface area (TPSA) is 62.6 Å². The molecule has 0 fully saturated rings. The molecule has 0 spiro atoms. The number of rotatable bonds is 8. The maximum atomic E-state index is 11.7. The second-order valence-electron chi connectivity index (χ2n) is 4.32. The van der Waals surface area contributed by atoms with Gasteiger partial charge in [-0.3, -0.25) is 4.68 Å². The SMILES string of the molecule is CCOC(=O)c1cnn(C)c1COCCOC(C)C. The van der Waals surface area contributed by atoms with Gasteiger partial charge in [-0.05, 0) is 20.8 Å². The van der Waals surface area contributed by atoms with Crippen LogP contribution in [0.5, 0.6) is 0 Å². The first kappa shape index (κ1) is 15.7. The number of aromatic nitrogens is 2. The number of carbonyl (C=O) groups excluding carboxylic acids is 1. The van der Waals surface area contributed by atoms with Crippen LogP contribution in [0.2, 0.25) is 0 Å². The van der Waals surface area contributed by atoms with Gasteiger partial charge >= 0.3 is 5.97 Å². The van der Waals surface area contributed by atoms with Gasteiger partial charge in [0.2, 0.25) is 0 Å². The van der Waals surface area contributed by atoms with E-state index in [-0.39, 0.29) is 12.1 Å². The summed E-state index contributed by atoms with van der Waals surface area (Å²) in [6, 6.07) is 0. The van der Waals surface area contributed by atoms with Gasteiger partial charge in [-0.15, -0.1) is 0 Å². The first-order valence-corrected chi connectivity index (χ1v) is 6.43. The third kappa shape index (κ3) is 5.00. The zero-order valence-electron chi connectivity index (χ0n) is 12.0. The van der Waals surface area contributed by atoms with Crippen molar-refractivity contribution in [3.05, 3.63) is 17.5 Å². The van der Waals surface area contributed by atoms with Gasteiger partial charge in [-0.1, -0.05) is 0 Å². The highest BCUT2D eigenvalue weighted by molar-refractivity contribution is 5.90. The summed E-state index contributed by atoms with van der Waals surface area (Å²) in [5.74, 6) is -0.368. The van der Waals surface area contributed by atoms with E-state index in [1.807, 2.05) is 13.8 Å². The minimum atomic E-state index is -0.368. The summed E-state index contributed by atoms with van der Waals surface area (Å²) in [5.41, 5.74) is 1.16. The smallest absolute Gasteiger partial charge is 0.341 e. The maximum Gasteiger partial charge on any atom is 0.341 e. The van der Waals surface area contributed by atoms with Gasteiger partial charge in [0, 0.05) is 7.05 Å². The van der Waals surface area contributed by atoms with Crippen LogP contribution in [-0.2, 0) is 27.9 Å². The van der Waals surface area contributed by atoms with Crippen molar-refractivity contribution < 1.29 is 19.0 Å². The maximum absolute atomic E-state index is 11.7. The first-order valence-electron chi connectivity index (χ1n) is 6.43. The fraction of sp³-hybridized carbons (Fsp3) is 0.692. The molecule has 0 aliphatic heterocycles. The molecule has 6 heteroatoms. The van der Waals surface area contributed by atoms with E-state index in [9.17, 15) is 4.79 Å². The standard InChI is InChI=1S/C13H22N2O4/c1-5-18-13(16)11-8-14-15(4)12(11)9-17-6-7-19-10(2)3/h8,10H,5-7,9H2,1-4H3. The molecule has 0 saturated carbocycles. The van der Waals surface area contributed by atoms with Crippen molar-refractivity contribution in [3.8, 4) is 0 Å². The van der Waals surface area contributed by atoms with Crippen molar-refractivity contribution in [1.82, 2.24) is 9.78 Å². The molecule has 1 heterocycles. The van der Waals surface area contributed by atoms with Crippen molar-refractivity contribution in [2.45, 2.75) is 33.5 Å². The Morgan fingerprint density at radius 1 is 1.42 bits per heavy atom. The van der Waals surface area contributed by atoms with E-state index >= 15 is 0 Å². The molecule has 108 valence electrons. The van der Waals surface area contributed by atoms with Crippen molar-refractivity contribution in [2.75, 3.05) is 19.8 Å². The summed E-state index contributed by atoms with van der Waals surface area (Å²) in [4.78, 5) is 11.7. The lowest BCUT2D eigenvalue weighted by molar-refractivity contribution is 0.0124. The summed E-state index contributed by atoms with van der Waals surface area (Å²) in [5, 5.41) is 4.05. The Morgan fingerprint density at radius 2 is 2.16 bits per heavy atom. The second-order valence-corrected chi connectivity index (χ2v) is 4.32. The third-order valence-electron chi connectivity index (χ3n) is 2.47. The Labute approximate surface area is 113 Å². The predicted molar refractivity (Wildman–Crippen MR) is 69.9 cm³/mol. The highest BCUT2D eigenvalue weighted by Gasteiger charge is 2.16. The largest absolute Gasteiger partial charge is 0.462 e. The third-order valence-corrected chi connectivity index (χ3v) is 2.47. The van der Waals surface area contributed by atoms with E-state index in [4.69, 9.17) is 14.2 Å². The van der Waals surface area contributed by atoms with Crippen LogP contribution < -0.4 is 0 Å². The monoisotopic (exact) mass is 270 g/mol. The highest BCUT2D eigenvalue weighted by atomic mass is 16.5. The summed E-state index contributed by atoms with van der Waals surface area (Å²) in [6.07, 6.45) is 1.69. The minimum Gasteiger partial charge on any atom is -0.462 e. The van der Waals surface area contributed by atoms with E-state index in [0.29, 0.717) is 37.7 Å². The van der Waals surface area contributed by atoms with Gasteiger partial charge < -0.3 is 14.2 Å². The number of nitrogens with zero attached hydrogens (tertiary/aromatic N) is 2. The van der Waals surface area contributed by atoms with Crippen LogP contribution in [-0.4, -0.2) is 41.7 Å². The van der Waals surface area contributed by atoms with E-state index in [0.717, 1.165) is 0 Å². The average Bonchev–Trinajstić information content (AvgIpc) is 2.70. The van der Waals surface area contributed by atoms with Crippen molar-refractivity contribution >= 4 is 5.97 Å². The average molecular weight is 270 g/mol. The highest BCUT2D eigenvalue weighted by Crippen LogP contribution is 2.10. The van der Waals surface area contributed by atoms with Gasteiger partial charge in [0.1, 0.15) is 5.56 Å². The molecule has 0 bridgehead atoms. The molecule has 1 aromatic heterocycles. The van der Waals surface area contributed by atoms with Gasteiger partial charge in [0.25, 0.3) is 0 Å². The molecule has 0 radical (unpaired) electrons. The van der Waals surface area contributed by atoms with Crippen LogP contribution in [0.1, 0.15) is 36.8 Å². The molecule has 0 aliphatic carbocycles. The molecule has 0 atom stereocenters. The lowest BCUT2D eigenvalue weighted by Gasteiger charge is -2.09. The lowest BCUT2D eigenvalue weighted by Crippen LogP contribution is -2.13. The number of hydrogen-bond donors (Lipinski definition) is 0. The van der Waals surface area contributed by atoms with E-state index in [1.54, 1.807) is 18.7 Å². The van der Waals surface area contributed by atoms with E-state index in [2.05, 4.69) is 5.10 Å². The predicted octanol–water partition coefficient (Wildman–Crippen LogP) is 1.54. The number of aryl methyl sites for hydroxylation is 1. The number of esters is 1. The molecule has 0 aromatic carbocycles. The molecule has 19 heavy (non-hydrogen) atoms. The molecule has 1 rings (SSSR count). The zero-order valence-corrected chi connectivity index (χ0v) is 12.0. The molecule has 0 saturated heterocycles. The van der Waals surface area contributed by atoms with E-state index in [1.165, 1.54) is 6.20 Å². The Bertz CT molecular complexity index is 401. The Balaban J connectivity index is 2.48. The number of carbonyl (C=O) groups is 1. The fourth-order valence-electron chi connectivity index (χ4n) is 1.52. The summed E-state index contributed by atoms with van der Waals surface area (Å²) < 4.78 is 17.4. The van der Waals surface area contributed by atoms with Crippen LogP contribution in [0.3, 0.4) is 0 Å². The van der Waals surface area contributed by atoms with E-state index < -0.39 is 0 Å². The summed E-state index contributed by atoms with van der Waals surface area (Å²) in [7, 11) is 1.77. The molecule has 0 amide bonds. The van der Waals surface area contributed by atoms with Crippen LogP contribution in [0, 0.1) is 0 Å². The van der Waals surface area contributed by atoms with Gasteiger partial charge in [0.05, 0.1) is 44.4 Å². The Kier molecular flexibility index (Phi) is 6.52. The quantitative estimate of drug-likeness (QED) is 0.529. The molecule has 1 aromatic rings. The van der Waals surface area contributed by atoms with Crippen molar-refractivity contribution in [3.63, 3.8) is 0 Å². The molecular weight excluding hydrogens is 248 g/mol. The second kappa shape index (κ2) is 7.91.